The van der Waals surface area contributed by atoms with Crippen LogP contribution in [-0.4, -0.2) is 29.5 Å². The summed E-state index contributed by atoms with van der Waals surface area (Å²) in [6.07, 6.45) is 6.45. The molecule has 4 aromatic rings. The van der Waals surface area contributed by atoms with Crippen LogP contribution in [0.15, 0.2) is 55.2 Å². The van der Waals surface area contributed by atoms with Crippen molar-refractivity contribution in [1.82, 2.24) is 29.5 Å². The summed E-state index contributed by atoms with van der Waals surface area (Å²) in [6, 6.07) is 10.0. The minimum atomic E-state index is 0.152. The van der Waals surface area contributed by atoms with Crippen molar-refractivity contribution in [2.24, 2.45) is 0 Å². The van der Waals surface area contributed by atoms with E-state index in [0.29, 0.717) is 23.1 Å². The van der Waals surface area contributed by atoms with Gasteiger partial charge in [-0.2, -0.15) is 0 Å². The van der Waals surface area contributed by atoms with Gasteiger partial charge in [0.25, 0.3) is 0 Å². The van der Waals surface area contributed by atoms with Crippen LogP contribution in [0.3, 0.4) is 0 Å². The maximum Gasteiger partial charge on any atom is 0.211 e. The van der Waals surface area contributed by atoms with Gasteiger partial charge in [-0.05, 0) is 26.0 Å². The summed E-state index contributed by atoms with van der Waals surface area (Å²) in [6.45, 7) is 4.16. The second-order valence-electron chi connectivity index (χ2n) is 6.00. The van der Waals surface area contributed by atoms with Crippen molar-refractivity contribution in [2.45, 2.75) is 19.9 Å². The van der Waals surface area contributed by atoms with E-state index in [9.17, 15) is 0 Å². The Morgan fingerprint density at radius 3 is 2.54 bits per heavy atom. The van der Waals surface area contributed by atoms with Gasteiger partial charge in [0.1, 0.15) is 6.33 Å². The molecule has 130 valence electrons. The molecule has 8 heteroatoms. The van der Waals surface area contributed by atoms with Crippen LogP contribution < -0.4 is 10.6 Å². The predicted octanol–water partition coefficient (Wildman–Crippen LogP) is 3.68. The second-order valence-corrected chi connectivity index (χ2v) is 6.00. The Morgan fingerprint density at radius 2 is 1.81 bits per heavy atom. The topological polar surface area (TPSA) is 93.4 Å². The van der Waals surface area contributed by atoms with E-state index in [2.05, 4.69) is 44.4 Å². The Labute approximate surface area is 150 Å². The van der Waals surface area contributed by atoms with Gasteiger partial charge >= 0.3 is 0 Å². The fraction of sp³-hybridized carbons (Fsp3) is 0.167. The summed E-state index contributed by atoms with van der Waals surface area (Å²) in [5, 5.41) is 6.52. The van der Waals surface area contributed by atoms with Gasteiger partial charge in [-0.1, -0.05) is 18.2 Å². The van der Waals surface area contributed by atoms with Crippen molar-refractivity contribution in [3.63, 3.8) is 0 Å². The standard InChI is InChI=1S/C18H18N8/c1-12(2)26-17-15(25-18(26)24-14-10-19-8-9-20-14)16(21-11-22-17)23-13-6-4-3-5-7-13/h3-12H,1-2H3,(H,20,24,25)(H,21,22,23). The van der Waals surface area contributed by atoms with Crippen LogP contribution >= 0.6 is 0 Å². The molecule has 0 saturated heterocycles. The lowest BCUT2D eigenvalue weighted by atomic mass is 10.3. The first kappa shape index (κ1) is 15.9. The molecule has 0 bridgehead atoms. The Kier molecular flexibility index (Phi) is 4.14. The van der Waals surface area contributed by atoms with E-state index < -0.39 is 0 Å². The summed E-state index contributed by atoms with van der Waals surface area (Å²) in [5.74, 6) is 1.92. The third-order valence-electron chi connectivity index (χ3n) is 3.83. The molecule has 3 aromatic heterocycles. The largest absolute Gasteiger partial charge is 0.338 e. The van der Waals surface area contributed by atoms with E-state index in [1.165, 1.54) is 0 Å². The molecule has 0 aliphatic rings. The van der Waals surface area contributed by atoms with Crippen LogP contribution in [0.1, 0.15) is 19.9 Å². The average Bonchev–Trinajstić information content (AvgIpc) is 3.02. The second kappa shape index (κ2) is 6.75. The summed E-state index contributed by atoms with van der Waals surface area (Å²) < 4.78 is 2.02. The SMILES string of the molecule is CC(C)n1c(Nc2cnccn2)nc2c(Nc3ccccc3)ncnc21. The molecule has 0 atom stereocenters. The van der Waals surface area contributed by atoms with E-state index in [0.717, 1.165) is 11.3 Å². The highest BCUT2D eigenvalue weighted by Crippen LogP contribution is 2.29. The molecule has 1 aromatic carbocycles. The normalized spacial score (nSPS) is 11.0. The highest BCUT2D eigenvalue weighted by molar-refractivity contribution is 5.87. The van der Waals surface area contributed by atoms with E-state index in [1.54, 1.807) is 24.9 Å². The van der Waals surface area contributed by atoms with Crippen molar-refractivity contribution in [3.8, 4) is 0 Å². The number of fused-ring (bicyclic) bond motifs is 1. The van der Waals surface area contributed by atoms with Gasteiger partial charge in [-0.3, -0.25) is 9.55 Å². The van der Waals surface area contributed by atoms with Crippen LogP contribution in [0.25, 0.3) is 11.2 Å². The Balaban J connectivity index is 1.80. The molecular weight excluding hydrogens is 328 g/mol. The van der Waals surface area contributed by atoms with E-state index in [-0.39, 0.29) is 6.04 Å². The summed E-state index contributed by atoms with van der Waals surface area (Å²) in [5.41, 5.74) is 2.38. The van der Waals surface area contributed by atoms with Crippen LogP contribution in [0.4, 0.5) is 23.3 Å². The lowest BCUT2D eigenvalue weighted by molar-refractivity contribution is 0.620. The van der Waals surface area contributed by atoms with E-state index in [1.807, 2.05) is 34.9 Å². The molecule has 0 spiro atoms. The van der Waals surface area contributed by atoms with Crippen LogP contribution in [0.5, 0.6) is 0 Å². The number of aromatic nitrogens is 6. The number of para-hydroxylation sites is 1. The average molecular weight is 346 g/mol. The first-order chi connectivity index (χ1) is 12.7. The van der Waals surface area contributed by atoms with Crippen LogP contribution in [0, 0.1) is 0 Å². The minimum Gasteiger partial charge on any atom is -0.338 e. The highest BCUT2D eigenvalue weighted by Gasteiger charge is 2.18. The van der Waals surface area contributed by atoms with Gasteiger partial charge in [0.05, 0.1) is 6.20 Å². The zero-order chi connectivity index (χ0) is 17.9. The zero-order valence-corrected chi connectivity index (χ0v) is 14.5. The molecule has 0 saturated carbocycles. The molecule has 0 unspecified atom stereocenters. The van der Waals surface area contributed by atoms with Crippen molar-refractivity contribution in [1.29, 1.82) is 0 Å². The van der Waals surface area contributed by atoms with Gasteiger partial charge < -0.3 is 10.6 Å². The molecule has 8 nitrogen and oxygen atoms in total. The van der Waals surface area contributed by atoms with Crippen molar-refractivity contribution in [3.05, 3.63) is 55.2 Å². The molecule has 4 rings (SSSR count). The van der Waals surface area contributed by atoms with Gasteiger partial charge in [-0.15, -0.1) is 0 Å². The molecule has 0 fully saturated rings. The summed E-state index contributed by atoms with van der Waals surface area (Å²) >= 11 is 0. The number of imidazole rings is 1. The Bertz CT molecular complexity index is 1010. The number of rotatable bonds is 5. The molecular formula is C18H18N8. The minimum absolute atomic E-state index is 0.152. The zero-order valence-electron chi connectivity index (χ0n) is 14.5. The maximum atomic E-state index is 4.72. The number of benzene rings is 1. The van der Waals surface area contributed by atoms with Crippen molar-refractivity contribution in [2.75, 3.05) is 10.6 Å². The molecule has 0 amide bonds. The van der Waals surface area contributed by atoms with Gasteiger partial charge in [0.2, 0.25) is 5.95 Å². The maximum absolute atomic E-state index is 4.72. The van der Waals surface area contributed by atoms with E-state index >= 15 is 0 Å². The van der Waals surface area contributed by atoms with Crippen molar-refractivity contribution < 1.29 is 0 Å². The first-order valence-electron chi connectivity index (χ1n) is 8.30. The summed E-state index contributed by atoms with van der Waals surface area (Å²) in [7, 11) is 0. The molecule has 2 N–H and O–H groups in total. The Hall–Kier alpha value is -3.55. The van der Waals surface area contributed by atoms with Gasteiger partial charge in [-0.25, -0.2) is 19.9 Å². The molecule has 0 aliphatic heterocycles. The molecule has 26 heavy (non-hydrogen) atoms. The fourth-order valence-corrected chi connectivity index (χ4v) is 2.71. The molecule has 0 aliphatic carbocycles. The van der Waals surface area contributed by atoms with Crippen LogP contribution in [-0.2, 0) is 0 Å². The molecule has 3 heterocycles. The lowest BCUT2D eigenvalue weighted by Crippen LogP contribution is -2.07. The van der Waals surface area contributed by atoms with Crippen molar-refractivity contribution >= 4 is 34.4 Å². The number of hydrogen-bond donors (Lipinski definition) is 2. The quantitative estimate of drug-likeness (QED) is 0.569. The number of nitrogens with one attached hydrogen (secondary N) is 2. The first-order valence-corrected chi connectivity index (χ1v) is 8.30. The number of hydrogen-bond acceptors (Lipinski definition) is 7. The summed E-state index contributed by atoms with van der Waals surface area (Å²) in [4.78, 5) is 21.9. The molecule has 0 radical (unpaired) electrons. The smallest absolute Gasteiger partial charge is 0.211 e. The number of anilines is 4. The monoisotopic (exact) mass is 346 g/mol. The van der Waals surface area contributed by atoms with E-state index in [4.69, 9.17) is 4.98 Å². The fourth-order valence-electron chi connectivity index (χ4n) is 2.71. The van der Waals surface area contributed by atoms with Crippen LogP contribution in [0.2, 0.25) is 0 Å². The van der Waals surface area contributed by atoms with Gasteiger partial charge in [0.15, 0.2) is 22.8 Å². The predicted molar refractivity (Wildman–Crippen MR) is 101 cm³/mol. The highest BCUT2D eigenvalue weighted by atomic mass is 15.3. The third-order valence-corrected chi connectivity index (χ3v) is 3.83. The third kappa shape index (κ3) is 3.04. The Morgan fingerprint density at radius 1 is 0.962 bits per heavy atom. The van der Waals surface area contributed by atoms with Gasteiger partial charge in [0, 0.05) is 24.1 Å². The number of nitrogens with zero attached hydrogens (tertiary/aromatic N) is 6. The lowest BCUT2D eigenvalue weighted by Gasteiger charge is -2.12.